The van der Waals surface area contributed by atoms with Crippen LogP contribution in [-0.4, -0.2) is 36.6 Å². The third kappa shape index (κ3) is 5.71. The Morgan fingerprint density at radius 2 is 1.78 bits per heavy atom. The number of hydrogen-bond acceptors (Lipinski definition) is 2. The number of rotatable bonds is 4. The Labute approximate surface area is 115 Å². The molecule has 0 aliphatic carbocycles. The molecule has 1 saturated heterocycles. The van der Waals surface area contributed by atoms with E-state index in [1.165, 1.54) is 32.6 Å². The van der Waals surface area contributed by atoms with Crippen molar-refractivity contribution in [2.45, 2.75) is 60.4 Å². The average Bonchev–Trinajstić information content (AvgIpc) is 2.60. The molecule has 0 saturated carbocycles. The van der Waals surface area contributed by atoms with Crippen molar-refractivity contribution in [1.82, 2.24) is 10.2 Å². The van der Waals surface area contributed by atoms with Crippen molar-refractivity contribution >= 4 is 0 Å². The van der Waals surface area contributed by atoms with E-state index in [-0.39, 0.29) is 5.54 Å². The smallest absolute Gasteiger partial charge is 0.00966 e. The van der Waals surface area contributed by atoms with Crippen LogP contribution in [0.5, 0.6) is 0 Å². The summed E-state index contributed by atoms with van der Waals surface area (Å²) in [5.41, 5.74) is 0.688. The summed E-state index contributed by atoms with van der Waals surface area (Å²) in [6.45, 7) is 21.2. The van der Waals surface area contributed by atoms with Gasteiger partial charge >= 0.3 is 0 Å². The van der Waals surface area contributed by atoms with Gasteiger partial charge in [0, 0.05) is 18.6 Å². The van der Waals surface area contributed by atoms with Crippen LogP contribution in [0.2, 0.25) is 0 Å². The number of hydrogen-bond donors (Lipinski definition) is 1. The van der Waals surface area contributed by atoms with Crippen molar-refractivity contribution in [1.29, 1.82) is 0 Å². The van der Waals surface area contributed by atoms with E-state index < -0.39 is 0 Å². The van der Waals surface area contributed by atoms with Gasteiger partial charge in [-0.15, -0.1) is 0 Å². The fraction of sp³-hybridized carbons (Fsp3) is 1.00. The molecule has 0 radical (unpaired) electrons. The second-order valence-electron chi connectivity index (χ2n) is 8.31. The molecule has 1 fully saturated rings. The first-order valence-electron chi connectivity index (χ1n) is 7.55. The van der Waals surface area contributed by atoms with Crippen LogP contribution >= 0.6 is 0 Å². The highest BCUT2D eigenvalue weighted by molar-refractivity contribution is 4.83. The molecule has 1 aliphatic heterocycles. The minimum absolute atomic E-state index is 0.256. The highest BCUT2D eigenvalue weighted by Crippen LogP contribution is 2.28. The fourth-order valence-electron chi connectivity index (χ4n) is 2.36. The van der Waals surface area contributed by atoms with Gasteiger partial charge < -0.3 is 10.2 Å². The molecule has 2 nitrogen and oxygen atoms in total. The van der Waals surface area contributed by atoms with E-state index in [9.17, 15) is 0 Å². The first-order chi connectivity index (χ1) is 8.08. The molecule has 1 rings (SSSR count). The van der Waals surface area contributed by atoms with Gasteiger partial charge in [0.1, 0.15) is 0 Å². The number of likely N-dealkylation sites (tertiary alicyclic amines) is 1. The third-order valence-corrected chi connectivity index (χ3v) is 4.30. The van der Waals surface area contributed by atoms with E-state index in [0.717, 1.165) is 11.8 Å². The molecule has 1 N–H and O–H groups in total. The van der Waals surface area contributed by atoms with Gasteiger partial charge in [-0.25, -0.2) is 0 Å². The lowest BCUT2D eigenvalue weighted by Gasteiger charge is -2.31. The van der Waals surface area contributed by atoms with Crippen molar-refractivity contribution in [2.75, 3.05) is 26.2 Å². The molecule has 1 aliphatic rings. The summed E-state index contributed by atoms with van der Waals surface area (Å²) < 4.78 is 0. The fourth-order valence-corrected chi connectivity index (χ4v) is 2.36. The summed E-state index contributed by atoms with van der Waals surface area (Å²) in [6.07, 6.45) is 1.36. The zero-order valence-electron chi connectivity index (χ0n) is 13.6. The van der Waals surface area contributed by atoms with Crippen LogP contribution < -0.4 is 5.32 Å². The highest BCUT2D eigenvalue weighted by Gasteiger charge is 2.28. The predicted octanol–water partition coefficient (Wildman–Crippen LogP) is 3.38. The van der Waals surface area contributed by atoms with Crippen molar-refractivity contribution in [3.05, 3.63) is 0 Å². The molecule has 0 aromatic rings. The molecule has 0 bridgehead atoms. The SMILES string of the molecule is CC(CN1CCC(CNC(C)(C)C)C1)C(C)(C)C. The Balaban J connectivity index is 2.29. The second-order valence-corrected chi connectivity index (χ2v) is 8.31. The Morgan fingerprint density at radius 3 is 2.28 bits per heavy atom. The van der Waals surface area contributed by atoms with Crippen molar-refractivity contribution in [3.63, 3.8) is 0 Å². The largest absolute Gasteiger partial charge is 0.312 e. The molecule has 1 heterocycles. The van der Waals surface area contributed by atoms with E-state index in [1.807, 2.05) is 0 Å². The predicted molar refractivity (Wildman–Crippen MR) is 80.9 cm³/mol. The summed E-state index contributed by atoms with van der Waals surface area (Å²) in [5, 5.41) is 3.64. The van der Waals surface area contributed by atoms with Crippen molar-refractivity contribution < 1.29 is 0 Å². The van der Waals surface area contributed by atoms with E-state index in [4.69, 9.17) is 0 Å². The summed E-state index contributed by atoms with van der Waals surface area (Å²) in [5.74, 6) is 1.61. The van der Waals surface area contributed by atoms with Gasteiger partial charge in [0.05, 0.1) is 0 Å². The zero-order valence-corrected chi connectivity index (χ0v) is 13.6. The van der Waals surface area contributed by atoms with Gasteiger partial charge in [0.2, 0.25) is 0 Å². The molecular weight excluding hydrogens is 220 g/mol. The Bertz CT molecular complexity index is 247. The maximum absolute atomic E-state index is 3.64. The maximum atomic E-state index is 3.64. The molecule has 0 amide bonds. The van der Waals surface area contributed by atoms with E-state index in [0.29, 0.717) is 5.41 Å². The van der Waals surface area contributed by atoms with Crippen LogP contribution in [0.3, 0.4) is 0 Å². The van der Waals surface area contributed by atoms with E-state index in [1.54, 1.807) is 0 Å². The van der Waals surface area contributed by atoms with Gasteiger partial charge in [-0.3, -0.25) is 0 Å². The van der Waals surface area contributed by atoms with Gasteiger partial charge in [-0.2, -0.15) is 0 Å². The Morgan fingerprint density at radius 1 is 1.17 bits per heavy atom. The zero-order chi connectivity index (χ0) is 14.0. The second kappa shape index (κ2) is 5.92. The molecule has 2 heteroatoms. The minimum atomic E-state index is 0.256. The monoisotopic (exact) mass is 254 g/mol. The normalized spacial score (nSPS) is 24.5. The quantitative estimate of drug-likeness (QED) is 0.827. The number of nitrogens with zero attached hydrogens (tertiary/aromatic N) is 1. The van der Waals surface area contributed by atoms with Gasteiger partial charge in [0.25, 0.3) is 0 Å². The minimum Gasteiger partial charge on any atom is -0.312 e. The van der Waals surface area contributed by atoms with Crippen LogP contribution in [0.4, 0.5) is 0 Å². The van der Waals surface area contributed by atoms with E-state index in [2.05, 4.69) is 58.7 Å². The summed E-state index contributed by atoms with van der Waals surface area (Å²) in [7, 11) is 0. The topological polar surface area (TPSA) is 15.3 Å². The average molecular weight is 254 g/mol. The van der Waals surface area contributed by atoms with Gasteiger partial charge in [0.15, 0.2) is 0 Å². The van der Waals surface area contributed by atoms with E-state index >= 15 is 0 Å². The molecule has 2 atom stereocenters. The van der Waals surface area contributed by atoms with Crippen LogP contribution in [0.15, 0.2) is 0 Å². The Hall–Kier alpha value is -0.0800. The van der Waals surface area contributed by atoms with Gasteiger partial charge in [-0.05, 0) is 57.5 Å². The molecular formula is C16H34N2. The van der Waals surface area contributed by atoms with Crippen LogP contribution in [0, 0.1) is 17.3 Å². The lowest BCUT2D eigenvalue weighted by atomic mass is 9.82. The lowest BCUT2D eigenvalue weighted by Crippen LogP contribution is -2.40. The maximum Gasteiger partial charge on any atom is 0.00966 e. The molecule has 0 aromatic heterocycles. The summed E-state index contributed by atoms with van der Waals surface area (Å²) in [6, 6.07) is 0. The number of nitrogens with one attached hydrogen (secondary N) is 1. The standard InChI is InChI=1S/C16H34N2/c1-13(15(2,3)4)11-18-9-8-14(12-18)10-17-16(5,6)7/h13-14,17H,8-12H2,1-7H3. The summed E-state index contributed by atoms with van der Waals surface area (Å²) >= 11 is 0. The van der Waals surface area contributed by atoms with Crippen LogP contribution in [0.25, 0.3) is 0 Å². The van der Waals surface area contributed by atoms with Crippen LogP contribution in [0.1, 0.15) is 54.9 Å². The molecule has 18 heavy (non-hydrogen) atoms. The van der Waals surface area contributed by atoms with Crippen LogP contribution in [-0.2, 0) is 0 Å². The third-order valence-electron chi connectivity index (χ3n) is 4.30. The molecule has 108 valence electrons. The lowest BCUT2D eigenvalue weighted by molar-refractivity contribution is 0.178. The first kappa shape index (κ1) is 16.0. The van der Waals surface area contributed by atoms with Crippen molar-refractivity contribution in [2.24, 2.45) is 17.3 Å². The molecule has 2 unspecified atom stereocenters. The summed E-state index contributed by atoms with van der Waals surface area (Å²) in [4.78, 5) is 2.66. The first-order valence-corrected chi connectivity index (χ1v) is 7.55. The van der Waals surface area contributed by atoms with Crippen molar-refractivity contribution in [3.8, 4) is 0 Å². The Kier molecular flexibility index (Phi) is 5.25. The highest BCUT2D eigenvalue weighted by atomic mass is 15.2. The molecule has 0 aromatic carbocycles. The molecule has 0 spiro atoms. The van der Waals surface area contributed by atoms with Gasteiger partial charge in [-0.1, -0.05) is 27.7 Å².